The quantitative estimate of drug-likeness (QED) is 0.858. The maximum atomic E-state index is 12.2. The van der Waals surface area contributed by atoms with Gasteiger partial charge in [-0.05, 0) is 31.9 Å². The number of hydrogen-bond donors (Lipinski definition) is 1. The molecule has 0 bridgehead atoms. The number of thioether (sulfide) groups is 1. The minimum atomic E-state index is -0.171. The van der Waals surface area contributed by atoms with Gasteiger partial charge in [0.2, 0.25) is 5.91 Å². The van der Waals surface area contributed by atoms with Gasteiger partial charge in [-0.3, -0.25) is 4.79 Å². The molecule has 1 aromatic heterocycles. The highest BCUT2D eigenvalue weighted by molar-refractivity contribution is 8.00. The van der Waals surface area contributed by atoms with Crippen LogP contribution in [0.1, 0.15) is 25.8 Å². The first-order valence-electron chi connectivity index (χ1n) is 6.79. The number of rotatable bonds is 5. The maximum Gasteiger partial charge on any atom is 0.237 e. The Morgan fingerprint density at radius 3 is 2.85 bits per heavy atom. The Morgan fingerprint density at radius 2 is 2.15 bits per heavy atom. The minimum Gasteiger partial charge on any atom is -0.325 e. The Bertz CT molecular complexity index is 592. The summed E-state index contributed by atoms with van der Waals surface area (Å²) in [7, 11) is 0. The van der Waals surface area contributed by atoms with E-state index in [1.807, 2.05) is 49.6 Å². The van der Waals surface area contributed by atoms with Gasteiger partial charge in [0.25, 0.3) is 0 Å². The van der Waals surface area contributed by atoms with E-state index in [0.717, 1.165) is 10.8 Å². The van der Waals surface area contributed by atoms with Crippen molar-refractivity contribution >= 4 is 23.4 Å². The predicted molar refractivity (Wildman–Crippen MR) is 80.9 cm³/mol. The summed E-state index contributed by atoms with van der Waals surface area (Å²) >= 11 is 1.51. The van der Waals surface area contributed by atoms with E-state index >= 15 is 0 Å². The Labute approximate surface area is 122 Å². The van der Waals surface area contributed by atoms with E-state index in [0.29, 0.717) is 6.04 Å². The molecule has 5 heteroatoms. The lowest BCUT2D eigenvalue weighted by Crippen LogP contribution is -2.22. The molecule has 2 aromatic rings. The Hall–Kier alpha value is -1.75. The van der Waals surface area contributed by atoms with Crippen molar-refractivity contribution in [3.63, 3.8) is 0 Å². The number of nitrogens with one attached hydrogen (secondary N) is 1. The molecule has 0 saturated heterocycles. The predicted octanol–water partition coefficient (Wildman–Crippen LogP) is 3.34. The number of carbonyl (C=O) groups is 1. The fourth-order valence-electron chi connectivity index (χ4n) is 2.00. The second kappa shape index (κ2) is 5.71. The molecular formula is C15H17N3OS. The van der Waals surface area contributed by atoms with Crippen molar-refractivity contribution in [3.05, 3.63) is 42.7 Å². The molecule has 1 unspecified atom stereocenters. The summed E-state index contributed by atoms with van der Waals surface area (Å²) in [4.78, 5) is 16.5. The van der Waals surface area contributed by atoms with Gasteiger partial charge < -0.3 is 9.88 Å². The summed E-state index contributed by atoms with van der Waals surface area (Å²) in [5, 5.41) is 3.68. The van der Waals surface area contributed by atoms with Gasteiger partial charge in [-0.1, -0.05) is 30.0 Å². The third-order valence-electron chi connectivity index (χ3n) is 3.27. The molecule has 4 nitrogen and oxygen atoms in total. The minimum absolute atomic E-state index is 0.00606. The molecule has 3 rings (SSSR count). The van der Waals surface area contributed by atoms with Crippen LogP contribution in [0.3, 0.4) is 0 Å². The fraction of sp³-hybridized carbons (Fsp3) is 0.333. The highest BCUT2D eigenvalue weighted by Crippen LogP contribution is 2.38. The summed E-state index contributed by atoms with van der Waals surface area (Å²) in [5.74, 6) is 0.00606. The molecule has 0 aliphatic heterocycles. The molecule has 1 atom stereocenters. The molecule has 1 aliphatic rings. The third-order valence-corrected chi connectivity index (χ3v) is 4.36. The normalized spacial score (nSPS) is 15.8. The summed E-state index contributed by atoms with van der Waals surface area (Å²) < 4.78 is 2.18. The zero-order valence-corrected chi connectivity index (χ0v) is 12.1. The van der Waals surface area contributed by atoms with Crippen LogP contribution in [0.15, 0.2) is 47.9 Å². The van der Waals surface area contributed by atoms with Crippen LogP contribution in [0, 0.1) is 0 Å². The van der Waals surface area contributed by atoms with Crippen molar-refractivity contribution < 1.29 is 4.79 Å². The average Bonchev–Trinajstić information content (AvgIpc) is 3.20. The molecular weight excluding hydrogens is 270 g/mol. The van der Waals surface area contributed by atoms with Crippen molar-refractivity contribution in [2.24, 2.45) is 0 Å². The van der Waals surface area contributed by atoms with Crippen LogP contribution in [0.2, 0.25) is 0 Å². The molecule has 1 heterocycles. The first-order valence-corrected chi connectivity index (χ1v) is 7.67. The Morgan fingerprint density at radius 1 is 1.40 bits per heavy atom. The zero-order chi connectivity index (χ0) is 13.9. The smallest absolute Gasteiger partial charge is 0.237 e. The summed E-state index contributed by atoms with van der Waals surface area (Å²) in [6.45, 7) is 1.91. The van der Waals surface area contributed by atoms with E-state index < -0.39 is 0 Å². The van der Waals surface area contributed by atoms with Crippen molar-refractivity contribution in [1.82, 2.24) is 9.55 Å². The second-order valence-corrected chi connectivity index (χ2v) is 6.27. The zero-order valence-electron chi connectivity index (χ0n) is 11.3. The lowest BCUT2D eigenvalue weighted by Gasteiger charge is -2.12. The van der Waals surface area contributed by atoms with Gasteiger partial charge in [-0.15, -0.1) is 0 Å². The summed E-state index contributed by atoms with van der Waals surface area (Å²) in [5.41, 5.74) is 0.829. The van der Waals surface area contributed by atoms with Crippen molar-refractivity contribution in [2.75, 3.05) is 5.32 Å². The largest absolute Gasteiger partial charge is 0.325 e. The van der Waals surface area contributed by atoms with Gasteiger partial charge in [-0.25, -0.2) is 4.98 Å². The lowest BCUT2D eigenvalue weighted by atomic mass is 10.3. The first kappa shape index (κ1) is 13.2. The van der Waals surface area contributed by atoms with Crippen LogP contribution < -0.4 is 5.32 Å². The van der Waals surface area contributed by atoms with Gasteiger partial charge in [0.15, 0.2) is 5.16 Å². The van der Waals surface area contributed by atoms with Crippen LogP contribution in [0.5, 0.6) is 0 Å². The number of imidazole rings is 1. The number of carbonyl (C=O) groups excluding carboxylic acids is 1. The number of nitrogens with zero attached hydrogens (tertiary/aromatic N) is 2. The second-order valence-electron chi connectivity index (χ2n) is 4.96. The summed E-state index contributed by atoms with van der Waals surface area (Å²) in [6, 6.07) is 10.1. The Balaban J connectivity index is 1.62. The van der Waals surface area contributed by atoms with Crippen molar-refractivity contribution in [1.29, 1.82) is 0 Å². The van der Waals surface area contributed by atoms with Crippen molar-refractivity contribution in [2.45, 2.75) is 36.2 Å². The number of para-hydroxylation sites is 1. The standard InChI is InChI=1S/C15H17N3OS/c1-11(14(19)17-12-5-3-2-4-6-12)20-15-16-9-10-18(15)13-7-8-13/h2-6,9-11,13H,7-8H2,1H3,(H,17,19). The molecule has 1 aromatic carbocycles. The van der Waals surface area contributed by atoms with Gasteiger partial charge in [0.1, 0.15) is 0 Å². The van der Waals surface area contributed by atoms with Gasteiger partial charge >= 0.3 is 0 Å². The SMILES string of the molecule is CC(Sc1nccn1C1CC1)C(=O)Nc1ccccc1. The van der Waals surface area contributed by atoms with Crippen LogP contribution in [0.4, 0.5) is 5.69 Å². The molecule has 1 N–H and O–H groups in total. The molecule has 0 radical (unpaired) electrons. The molecule has 0 spiro atoms. The van der Waals surface area contributed by atoms with Crippen LogP contribution in [0.25, 0.3) is 0 Å². The van der Waals surface area contributed by atoms with Crippen molar-refractivity contribution in [3.8, 4) is 0 Å². The van der Waals surface area contributed by atoms with Gasteiger partial charge in [-0.2, -0.15) is 0 Å². The molecule has 1 aliphatic carbocycles. The number of amides is 1. The molecule has 20 heavy (non-hydrogen) atoms. The Kier molecular flexibility index (Phi) is 3.78. The van der Waals surface area contributed by atoms with E-state index in [1.165, 1.54) is 24.6 Å². The molecule has 1 fully saturated rings. The third kappa shape index (κ3) is 3.04. The first-order chi connectivity index (χ1) is 9.74. The lowest BCUT2D eigenvalue weighted by molar-refractivity contribution is -0.115. The van der Waals surface area contributed by atoms with E-state index in [2.05, 4.69) is 14.9 Å². The summed E-state index contributed by atoms with van der Waals surface area (Å²) in [6.07, 6.45) is 6.24. The van der Waals surface area contributed by atoms with E-state index in [9.17, 15) is 4.79 Å². The van der Waals surface area contributed by atoms with E-state index in [4.69, 9.17) is 0 Å². The molecule has 1 saturated carbocycles. The van der Waals surface area contributed by atoms with Crippen LogP contribution in [-0.4, -0.2) is 20.7 Å². The number of hydrogen-bond acceptors (Lipinski definition) is 3. The average molecular weight is 287 g/mol. The number of benzene rings is 1. The molecule has 1 amide bonds. The number of anilines is 1. The topological polar surface area (TPSA) is 46.9 Å². The van der Waals surface area contributed by atoms with Crippen LogP contribution in [-0.2, 0) is 4.79 Å². The highest BCUT2D eigenvalue weighted by atomic mass is 32.2. The van der Waals surface area contributed by atoms with E-state index in [1.54, 1.807) is 0 Å². The maximum absolute atomic E-state index is 12.2. The van der Waals surface area contributed by atoms with Gasteiger partial charge in [0.05, 0.1) is 5.25 Å². The highest BCUT2D eigenvalue weighted by Gasteiger charge is 2.27. The van der Waals surface area contributed by atoms with Crippen LogP contribution >= 0.6 is 11.8 Å². The molecule has 104 valence electrons. The number of aromatic nitrogens is 2. The fourth-order valence-corrected chi connectivity index (χ4v) is 2.93. The van der Waals surface area contributed by atoms with Gasteiger partial charge in [0, 0.05) is 24.1 Å². The monoisotopic (exact) mass is 287 g/mol. The van der Waals surface area contributed by atoms with E-state index in [-0.39, 0.29) is 11.2 Å².